The van der Waals surface area contributed by atoms with E-state index in [2.05, 4.69) is 0 Å². The first-order valence-electron chi connectivity index (χ1n) is 8.83. The Morgan fingerprint density at radius 1 is 0.680 bits per heavy atom. The molecule has 0 aromatic heterocycles. The first-order chi connectivity index (χ1) is 11.6. The summed E-state index contributed by atoms with van der Waals surface area (Å²) in [7, 11) is 0. The van der Waals surface area contributed by atoms with Gasteiger partial charge in [-0.1, -0.05) is 27.7 Å². The Morgan fingerprint density at radius 3 is 1.16 bits per heavy atom. The molecule has 0 aliphatic rings. The van der Waals surface area contributed by atoms with Crippen LogP contribution in [0.4, 0.5) is 0 Å². The molecule has 0 saturated heterocycles. The molecule has 0 spiro atoms. The number of hydrogen-bond donors (Lipinski definition) is 2. The highest BCUT2D eigenvalue weighted by Crippen LogP contribution is 2.37. The van der Waals surface area contributed by atoms with Gasteiger partial charge in [0.25, 0.3) is 0 Å². The van der Waals surface area contributed by atoms with E-state index in [4.69, 9.17) is 14.9 Å². The Labute approximate surface area is 148 Å². The topological polar surface area (TPSA) is 118 Å². The van der Waals surface area contributed by atoms with Crippen molar-refractivity contribution >= 4 is 23.9 Å². The SMILES string of the molecule is CCC(CC)(CCC(=O)O)C(=O)OC(=O)C(CC)(CC)CCC(=O)O. The number of carbonyl (C=O) groups excluding carboxylic acids is 2. The molecule has 0 aromatic carbocycles. The number of carboxylic acid groups (broad SMARTS) is 2. The van der Waals surface area contributed by atoms with E-state index < -0.39 is 34.7 Å². The van der Waals surface area contributed by atoms with Gasteiger partial charge in [0, 0.05) is 12.8 Å². The van der Waals surface area contributed by atoms with Crippen LogP contribution in [0.2, 0.25) is 0 Å². The summed E-state index contributed by atoms with van der Waals surface area (Å²) < 4.78 is 5.15. The first-order valence-corrected chi connectivity index (χ1v) is 8.83. The molecule has 0 heterocycles. The molecule has 0 radical (unpaired) electrons. The summed E-state index contributed by atoms with van der Waals surface area (Å²) in [6.07, 6.45) is 1.29. The van der Waals surface area contributed by atoms with Gasteiger partial charge in [0.15, 0.2) is 0 Å². The molecule has 2 N–H and O–H groups in total. The van der Waals surface area contributed by atoms with Crippen molar-refractivity contribution in [2.24, 2.45) is 10.8 Å². The molecule has 0 bridgehead atoms. The molecule has 0 amide bonds. The second-order valence-corrected chi connectivity index (χ2v) is 6.44. The monoisotopic (exact) mass is 358 g/mol. The molecule has 0 aliphatic carbocycles. The van der Waals surface area contributed by atoms with Crippen LogP contribution in [-0.4, -0.2) is 34.1 Å². The van der Waals surface area contributed by atoms with Crippen LogP contribution >= 0.6 is 0 Å². The van der Waals surface area contributed by atoms with E-state index in [0.29, 0.717) is 25.7 Å². The summed E-state index contributed by atoms with van der Waals surface area (Å²) in [5.74, 6) is -3.46. The maximum atomic E-state index is 12.6. The third kappa shape index (κ3) is 6.14. The van der Waals surface area contributed by atoms with Crippen molar-refractivity contribution in [3.8, 4) is 0 Å². The van der Waals surface area contributed by atoms with Gasteiger partial charge < -0.3 is 14.9 Å². The number of carbonyl (C=O) groups is 4. The third-order valence-electron chi connectivity index (χ3n) is 5.39. The maximum Gasteiger partial charge on any atom is 0.319 e. The van der Waals surface area contributed by atoms with Gasteiger partial charge in [-0.2, -0.15) is 0 Å². The molecule has 0 atom stereocenters. The molecule has 0 saturated carbocycles. The standard InChI is InChI=1S/C18H30O7/c1-5-17(6-2,11-9-13(19)20)15(23)25-16(24)18(7-3,8-4)12-10-14(21)22/h5-12H2,1-4H3,(H,19,20)(H,21,22). The molecule has 7 nitrogen and oxygen atoms in total. The number of ether oxygens (including phenoxy) is 1. The van der Waals surface area contributed by atoms with Crippen LogP contribution in [0.5, 0.6) is 0 Å². The predicted octanol–water partition coefficient (Wildman–Crippen LogP) is 3.40. The van der Waals surface area contributed by atoms with E-state index in [1.165, 1.54) is 0 Å². The highest BCUT2D eigenvalue weighted by atomic mass is 16.6. The fourth-order valence-corrected chi connectivity index (χ4v) is 2.98. The molecule has 0 rings (SSSR count). The van der Waals surface area contributed by atoms with Crippen molar-refractivity contribution in [3.05, 3.63) is 0 Å². The lowest BCUT2D eigenvalue weighted by atomic mass is 9.76. The van der Waals surface area contributed by atoms with Gasteiger partial charge in [-0.25, -0.2) is 0 Å². The minimum Gasteiger partial charge on any atom is -0.481 e. The van der Waals surface area contributed by atoms with Crippen molar-refractivity contribution in [1.29, 1.82) is 0 Å². The zero-order valence-corrected chi connectivity index (χ0v) is 15.6. The molecular weight excluding hydrogens is 328 g/mol. The summed E-state index contributed by atoms with van der Waals surface area (Å²) in [6, 6.07) is 0. The second-order valence-electron chi connectivity index (χ2n) is 6.44. The van der Waals surface area contributed by atoms with Crippen molar-refractivity contribution in [2.75, 3.05) is 0 Å². The third-order valence-corrected chi connectivity index (χ3v) is 5.39. The smallest absolute Gasteiger partial charge is 0.319 e. The normalized spacial score (nSPS) is 11.8. The van der Waals surface area contributed by atoms with Crippen LogP contribution in [0, 0.1) is 10.8 Å². The summed E-state index contributed by atoms with van der Waals surface area (Å²) in [4.78, 5) is 46.9. The van der Waals surface area contributed by atoms with Gasteiger partial charge in [-0.3, -0.25) is 19.2 Å². The molecular formula is C18H30O7. The van der Waals surface area contributed by atoms with Gasteiger partial charge in [0.05, 0.1) is 10.8 Å². The minimum absolute atomic E-state index is 0.0990. The molecule has 0 aliphatic heterocycles. The van der Waals surface area contributed by atoms with Gasteiger partial charge in [0.2, 0.25) is 0 Å². The zero-order chi connectivity index (χ0) is 19.7. The predicted molar refractivity (Wildman–Crippen MR) is 90.9 cm³/mol. The van der Waals surface area contributed by atoms with Gasteiger partial charge in [-0.05, 0) is 38.5 Å². The van der Waals surface area contributed by atoms with Crippen LogP contribution in [0.15, 0.2) is 0 Å². The summed E-state index contributed by atoms with van der Waals surface area (Å²) in [6.45, 7) is 7.03. The number of esters is 2. The largest absolute Gasteiger partial charge is 0.481 e. The lowest BCUT2D eigenvalue weighted by Gasteiger charge is -2.32. The zero-order valence-electron chi connectivity index (χ0n) is 15.6. The number of aliphatic carboxylic acids is 2. The van der Waals surface area contributed by atoms with E-state index in [-0.39, 0.29) is 25.7 Å². The Kier molecular flexibility index (Phi) is 9.38. The van der Waals surface area contributed by atoms with Crippen LogP contribution in [-0.2, 0) is 23.9 Å². The fraction of sp³-hybridized carbons (Fsp3) is 0.778. The first kappa shape index (κ1) is 23.1. The number of hydrogen-bond acceptors (Lipinski definition) is 5. The molecule has 25 heavy (non-hydrogen) atoms. The Morgan fingerprint density at radius 2 is 0.960 bits per heavy atom. The molecule has 144 valence electrons. The average molecular weight is 358 g/mol. The summed E-state index contributed by atoms with van der Waals surface area (Å²) in [5, 5.41) is 17.8. The number of rotatable bonds is 12. The Bertz CT molecular complexity index is 444. The van der Waals surface area contributed by atoms with Crippen molar-refractivity contribution in [1.82, 2.24) is 0 Å². The van der Waals surface area contributed by atoms with Gasteiger partial charge in [-0.15, -0.1) is 0 Å². The fourth-order valence-electron chi connectivity index (χ4n) is 2.98. The van der Waals surface area contributed by atoms with E-state index in [9.17, 15) is 19.2 Å². The Balaban J connectivity index is 5.32. The second kappa shape index (κ2) is 10.2. The molecule has 7 heteroatoms. The van der Waals surface area contributed by atoms with E-state index in [0.717, 1.165) is 0 Å². The van der Waals surface area contributed by atoms with Crippen molar-refractivity contribution in [2.45, 2.75) is 79.1 Å². The highest BCUT2D eigenvalue weighted by molar-refractivity contribution is 5.92. The Hall–Kier alpha value is -1.92. The van der Waals surface area contributed by atoms with Crippen molar-refractivity contribution < 1.29 is 34.1 Å². The van der Waals surface area contributed by atoms with E-state index >= 15 is 0 Å². The van der Waals surface area contributed by atoms with Crippen LogP contribution in [0.1, 0.15) is 79.1 Å². The minimum atomic E-state index is -1.02. The molecule has 0 fully saturated rings. The lowest BCUT2D eigenvalue weighted by Crippen LogP contribution is -2.40. The van der Waals surface area contributed by atoms with Crippen molar-refractivity contribution in [3.63, 3.8) is 0 Å². The number of carboxylic acids is 2. The highest BCUT2D eigenvalue weighted by Gasteiger charge is 2.43. The maximum absolute atomic E-state index is 12.6. The van der Waals surface area contributed by atoms with Gasteiger partial charge in [0.1, 0.15) is 0 Å². The van der Waals surface area contributed by atoms with Crippen LogP contribution in [0.25, 0.3) is 0 Å². The summed E-state index contributed by atoms with van der Waals surface area (Å²) in [5.41, 5.74) is -2.04. The lowest BCUT2D eigenvalue weighted by molar-refractivity contribution is -0.176. The quantitative estimate of drug-likeness (QED) is 0.405. The molecule has 0 aromatic rings. The van der Waals surface area contributed by atoms with E-state index in [1.54, 1.807) is 27.7 Å². The van der Waals surface area contributed by atoms with Gasteiger partial charge >= 0.3 is 23.9 Å². The van der Waals surface area contributed by atoms with E-state index in [1.807, 2.05) is 0 Å². The average Bonchev–Trinajstić information content (AvgIpc) is 2.57. The van der Waals surface area contributed by atoms with Crippen LogP contribution < -0.4 is 0 Å². The molecule has 0 unspecified atom stereocenters. The summed E-state index contributed by atoms with van der Waals surface area (Å²) >= 11 is 0. The van der Waals surface area contributed by atoms with Crippen LogP contribution in [0.3, 0.4) is 0 Å².